The van der Waals surface area contributed by atoms with Crippen molar-refractivity contribution in [2.45, 2.75) is 25.3 Å². The van der Waals surface area contributed by atoms with Crippen molar-refractivity contribution in [2.75, 3.05) is 26.7 Å². The van der Waals surface area contributed by atoms with Crippen LogP contribution in [0.2, 0.25) is 0 Å². The molecule has 1 amide bonds. The molecule has 0 bridgehead atoms. The second-order valence-electron chi connectivity index (χ2n) is 7.62. The van der Waals surface area contributed by atoms with Crippen LogP contribution >= 0.6 is 0 Å². The van der Waals surface area contributed by atoms with Crippen molar-refractivity contribution in [1.29, 1.82) is 0 Å². The third kappa shape index (κ3) is 2.67. The predicted molar refractivity (Wildman–Crippen MR) is 100 cm³/mol. The van der Waals surface area contributed by atoms with Crippen LogP contribution in [-0.4, -0.2) is 59.5 Å². The molecule has 2 saturated heterocycles. The quantitative estimate of drug-likeness (QED) is 0.903. The lowest BCUT2D eigenvalue weighted by Crippen LogP contribution is -2.63. The first-order chi connectivity index (χ1) is 12.5. The molecule has 0 unspecified atom stereocenters. The van der Waals surface area contributed by atoms with Crippen LogP contribution in [0, 0.1) is 5.41 Å². The summed E-state index contributed by atoms with van der Waals surface area (Å²) in [7, 11) is 1.98. The topological polar surface area (TPSA) is 60.9 Å². The molecule has 136 valence electrons. The number of rotatable bonds is 2. The van der Waals surface area contributed by atoms with Gasteiger partial charge in [-0.25, -0.2) is 0 Å². The second kappa shape index (κ2) is 6.40. The lowest BCUT2D eigenvalue weighted by Gasteiger charge is -2.51. The SMILES string of the molecule is CN1CCC[C@]2(C(=O)O)CCN(C(=O)c3ccc4ccccc4c3)C[C@@H]12. The van der Waals surface area contributed by atoms with Crippen molar-refractivity contribution in [3.05, 3.63) is 48.0 Å². The standard InChI is InChI=1S/C21H24N2O3/c1-22-11-4-9-21(20(25)26)10-12-23(14-18(21)22)19(24)17-8-7-15-5-2-3-6-16(15)13-17/h2-3,5-8,13,18H,4,9-12,14H2,1H3,(H,25,26)/t18-,21+/m1/s1. The Labute approximate surface area is 153 Å². The number of aliphatic carboxylic acids is 1. The number of hydrogen-bond acceptors (Lipinski definition) is 3. The number of fused-ring (bicyclic) bond motifs is 2. The number of carboxylic acids is 1. The Balaban J connectivity index is 1.60. The monoisotopic (exact) mass is 352 g/mol. The van der Waals surface area contributed by atoms with E-state index in [-0.39, 0.29) is 11.9 Å². The molecule has 2 aromatic rings. The molecular formula is C21H24N2O3. The third-order valence-corrected chi connectivity index (χ3v) is 6.23. The molecule has 2 aliphatic heterocycles. The third-order valence-electron chi connectivity index (χ3n) is 6.23. The van der Waals surface area contributed by atoms with E-state index in [1.165, 1.54) is 0 Å². The molecule has 2 aliphatic rings. The van der Waals surface area contributed by atoms with E-state index in [1.807, 2.05) is 54.4 Å². The number of carboxylic acid groups (broad SMARTS) is 1. The Morgan fingerprint density at radius 3 is 2.62 bits per heavy atom. The highest BCUT2D eigenvalue weighted by atomic mass is 16.4. The molecule has 5 heteroatoms. The summed E-state index contributed by atoms with van der Waals surface area (Å²) in [5, 5.41) is 12.0. The fourth-order valence-corrected chi connectivity index (χ4v) is 4.67. The number of piperidine rings is 2. The van der Waals surface area contributed by atoms with Crippen molar-refractivity contribution >= 4 is 22.6 Å². The van der Waals surface area contributed by atoms with Gasteiger partial charge in [0.1, 0.15) is 0 Å². The summed E-state index contributed by atoms with van der Waals surface area (Å²) in [6, 6.07) is 13.6. The molecule has 2 fully saturated rings. The molecule has 5 nitrogen and oxygen atoms in total. The van der Waals surface area contributed by atoms with Gasteiger partial charge in [0, 0.05) is 24.7 Å². The molecule has 26 heavy (non-hydrogen) atoms. The van der Waals surface area contributed by atoms with Gasteiger partial charge in [-0.1, -0.05) is 30.3 Å². The molecule has 4 rings (SSSR count). The van der Waals surface area contributed by atoms with Gasteiger partial charge in [-0.2, -0.15) is 0 Å². The summed E-state index contributed by atoms with van der Waals surface area (Å²) < 4.78 is 0. The normalized spacial score (nSPS) is 26.5. The number of nitrogens with zero attached hydrogens (tertiary/aromatic N) is 2. The first kappa shape index (κ1) is 17.0. The largest absolute Gasteiger partial charge is 0.481 e. The van der Waals surface area contributed by atoms with Crippen LogP contribution in [0.5, 0.6) is 0 Å². The number of amides is 1. The Morgan fingerprint density at radius 2 is 1.85 bits per heavy atom. The molecule has 0 aliphatic carbocycles. The van der Waals surface area contributed by atoms with Gasteiger partial charge in [-0.05, 0) is 55.8 Å². The van der Waals surface area contributed by atoms with E-state index in [0.29, 0.717) is 31.5 Å². The number of likely N-dealkylation sites (N-methyl/N-ethyl adjacent to an activating group) is 1. The smallest absolute Gasteiger partial charge is 0.311 e. The van der Waals surface area contributed by atoms with Gasteiger partial charge in [0.05, 0.1) is 5.41 Å². The maximum atomic E-state index is 13.1. The molecule has 0 aromatic heterocycles. The van der Waals surface area contributed by atoms with E-state index in [0.717, 1.165) is 23.7 Å². The maximum Gasteiger partial charge on any atom is 0.311 e. The zero-order chi connectivity index (χ0) is 18.3. The number of likely N-dealkylation sites (tertiary alicyclic amines) is 2. The van der Waals surface area contributed by atoms with Crippen LogP contribution in [0.1, 0.15) is 29.6 Å². The molecule has 0 radical (unpaired) electrons. The van der Waals surface area contributed by atoms with Crippen molar-refractivity contribution < 1.29 is 14.7 Å². The Hall–Kier alpha value is -2.40. The van der Waals surface area contributed by atoms with E-state index in [9.17, 15) is 14.7 Å². The van der Waals surface area contributed by atoms with Crippen LogP contribution < -0.4 is 0 Å². The van der Waals surface area contributed by atoms with Crippen molar-refractivity contribution in [3.63, 3.8) is 0 Å². The first-order valence-electron chi connectivity index (χ1n) is 9.23. The molecular weight excluding hydrogens is 328 g/mol. The fraction of sp³-hybridized carbons (Fsp3) is 0.429. The minimum atomic E-state index is -0.716. The van der Waals surface area contributed by atoms with Gasteiger partial charge in [-0.15, -0.1) is 0 Å². The van der Waals surface area contributed by atoms with Gasteiger partial charge in [0.25, 0.3) is 5.91 Å². The zero-order valence-electron chi connectivity index (χ0n) is 15.0. The van der Waals surface area contributed by atoms with Crippen LogP contribution in [0.4, 0.5) is 0 Å². The van der Waals surface area contributed by atoms with Crippen molar-refractivity contribution in [2.24, 2.45) is 5.41 Å². The Kier molecular flexibility index (Phi) is 4.19. The summed E-state index contributed by atoms with van der Waals surface area (Å²) in [5.74, 6) is -0.722. The van der Waals surface area contributed by atoms with Crippen molar-refractivity contribution in [3.8, 4) is 0 Å². The van der Waals surface area contributed by atoms with Crippen LogP contribution in [0.25, 0.3) is 10.8 Å². The zero-order valence-corrected chi connectivity index (χ0v) is 15.0. The number of hydrogen-bond donors (Lipinski definition) is 1. The van der Waals surface area contributed by atoms with E-state index < -0.39 is 11.4 Å². The van der Waals surface area contributed by atoms with E-state index in [1.54, 1.807) is 0 Å². The number of benzene rings is 2. The van der Waals surface area contributed by atoms with Gasteiger partial charge < -0.3 is 14.9 Å². The molecule has 1 N–H and O–H groups in total. The van der Waals surface area contributed by atoms with E-state index in [4.69, 9.17) is 0 Å². The van der Waals surface area contributed by atoms with Crippen LogP contribution in [-0.2, 0) is 4.79 Å². The Bertz CT molecular complexity index is 865. The summed E-state index contributed by atoms with van der Waals surface area (Å²) in [4.78, 5) is 29.0. The van der Waals surface area contributed by atoms with Gasteiger partial charge in [0.2, 0.25) is 0 Å². The van der Waals surface area contributed by atoms with Gasteiger partial charge in [0.15, 0.2) is 0 Å². The van der Waals surface area contributed by atoms with Crippen LogP contribution in [0.3, 0.4) is 0 Å². The highest BCUT2D eigenvalue weighted by molar-refractivity contribution is 5.98. The molecule has 0 saturated carbocycles. The minimum absolute atomic E-state index is 0.00582. The second-order valence-corrected chi connectivity index (χ2v) is 7.62. The summed E-state index contributed by atoms with van der Waals surface area (Å²) >= 11 is 0. The fourth-order valence-electron chi connectivity index (χ4n) is 4.67. The first-order valence-corrected chi connectivity index (χ1v) is 9.23. The minimum Gasteiger partial charge on any atom is -0.481 e. The van der Waals surface area contributed by atoms with Gasteiger partial charge in [-0.3, -0.25) is 9.59 Å². The molecule has 2 atom stereocenters. The van der Waals surface area contributed by atoms with Crippen LogP contribution in [0.15, 0.2) is 42.5 Å². The van der Waals surface area contributed by atoms with E-state index >= 15 is 0 Å². The number of carbonyl (C=O) groups excluding carboxylic acids is 1. The lowest BCUT2D eigenvalue weighted by atomic mass is 9.68. The number of carbonyl (C=O) groups is 2. The highest BCUT2D eigenvalue weighted by Crippen LogP contribution is 2.42. The lowest BCUT2D eigenvalue weighted by molar-refractivity contribution is -0.161. The summed E-state index contributed by atoms with van der Waals surface area (Å²) in [5.41, 5.74) is -0.0438. The molecule has 2 aromatic carbocycles. The summed E-state index contributed by atoms with van der Waals surface area (Å²) in [6.45, 7) is 1.87. The summed E-state index contributed by atoms with van der Waals surface area (Å²) in [6.07, 6.45) is 2.13. The average Bonchev–Trinajstić information content (AvgIpc) is 2.67. The van der Waals surface area contributed by atoms with Gasteiger partial charge >= 0.3 is 5.97 Å². The van der Waals surface area contributed by atoms with Crippen molar-refractivity contribution in [1.82, 2.24) is 9.80 Å². The molecule has 0 spiro atoms. The van der Waals surface area contributed by atoms with E-state index in [2.05, 4.69) is 4.90 Å². The molecule has 2 heterocycles. The Morgan fingerprint density at radius 1 is 1.08 bits per heavy atom. The predicted octanol–water partition coefficient (Wildman–Crippen LogP) is 2.85. The average molecular weight is 352 g/mol. The maximum absolute atomic E-state index is 13.1. The highest BCUT2D eigenvalue weighted by Gasteiger charge is 2.52.